The molecule has 0 saturated carbocycles. The predicted octanol–water partition coefficient (Wildman–Crippen LogP) is 1.14. The zero-order valence-corrected chi connectivity index (χ0v) is 9.91. The lowest BCUT2D eigenvalue weighted by Crippen LogP contribution is -2.17. The van der Waals surface area contributed by atoms with Crippen molar-refractivity contribution in [1.82, 2.24) is 20.2 Å². The number of carbonyl (C=O) groups excluding carboxylic acids is 1. The average Bonchev–Trinajstić information content (AvgIpc) is 2.98. The van der Waals surface area contributed by atoms with Gasteiger partial charge in [0.05, 0.1) is 6.61 Å². The van der Waals surface area contributed by atoms with Crippen LogP contribution in [0.1, 0.15) is 18.0 Å². The van der Waals surface area contributed by atoms with Crippen LogP contribution in [0.15, 0.2) is 24.3 Å². The summed E-state index contributed by atoms with van der Waals surface area (Å²) < 4.78 is 4.88. The number of ether oxygens (including phenoxy) is 1. The van der Waals surface area contributed by atoms with E-state index in [1.165, 1.54) is 10.4 Å². The number of hydrogen-bond donors (Lipinski definition) is 0. The number of rotatable bonds is 2. The molecule has 2 aromatic rings. The third-order valence-electron chi connectivity index (χ3n) is 2.92. The number of esters is 1. The third kappa shape index (κ3) is 1.85. The van der Waals surface area contributed by atoms with Gasteiger partial charge in [0.2, 0.25) is 5.82 Å². The lowest BCUT2D eigenvalue weighted by atomic mass is 10.1. The Labute approximate surface area is 104 Å². The minimum absolute atomic E-state index is 0.289. The van der Waals surface area contributed by atoms with Gasteiger partial charge in [-0.15, -0.1) is 15.0 Å². The maximum Gasteiger partial charge on any atom is 0.333 e. The fraction of sp³-hybridized carbons (Fsp3) is 0.333. The summed E-state index contributed by atoms with van der Waals surface area (Å²) in [6, 6.07) is 7.41. The number of benzene rings is 1. The van der Waals surface area contributed by atoms with Gasteiger partial charge < -0.3 is 4.74 Å². The highest BCUT2D eigenvalue weighted by Gasteiger charge is 2.30. The van der Waals surface area contributed by atoms with Crippen molar-refractivity contribution in [2.24, 2.45) is 0 Å². The van der Waals surface area contributed by atoms with Crippen molar-refractivity contribution < 1.29 is 9.53 Å². The lowest BCUT2D eigenvalue weighted by Gasteiger charge is -2.01. The molecule has 0 N–H and O–H groups in total. The molecule has 1 saturated heterocycles. The van der Waals surface area contributed by atoms with E-state index < -0.39 is 6.04 Å². The molecule has 1 atom stereocenters. The van der Waals surface area contributed by atoms with E-state index >= 15 is 0 Å². The molecule has 0 aliphatic carbocycles. The fourth-order valence-corrected chi connectivity index (χ4v) is 1.87. The Kier molecular flexibility index (Phi) is 2.55. The van der Waals surface area contributed by atoms with E-state index in [4.69, 9.17) is 4.74 Å². The monoisotopic (exact) mass is 244 g/mol. The SMILES string of the molecule is Cc1ccc(-c2nnn([C@@H]3CCOC3=O)n2)cc1. The van der Waals surface area contributed by atoms with Gasteiger partial charge in [-0.1, -0.05) is 29.8 Å². The number of aromatic nitrogens is 4. The second-order valence-electron chi connectivity index (χ2n) is 4.27. The standard InChI is InChI=1S/C12H12N4O2/c1-8-2-4-9(5-3-8)11-13-15-16(14-11)10-6-7-18-12(10)17/h2-5,10H,6-7H2,1H3/t10-/m1/s1. The molecule has 0 unspecified atom stereocenters. The number of cyclic esters (lactones) is 1. The van der Waals surface area contributed by atoms with Crippen molar-refractivity contribution in [3.05, 3.63) is 29.8 Å². The quantitative estimate of drug-likeness (QED) is 0.741. The molecule has 0 spiro atoms. The van der Waals surface area contributed by atoms with Crippen LogP contribution in [-0.2, 0) is 9.53 Å². The topological polar surface area (TPSA) is 69.9 Å². The van der Waals surface area contributed by atoms with Crippen molar-refractivity contribution in [3.8, 4) is 11.4 Å². The third-order valence-corrected chi connectivity index (χ3v) is 2.92. The summed E-state index contributed by atoms with van der Waals surface area (Å²) in [7, 11) is 0. The Morgan fingerprint density at radius 2 is 2.11 bits per heavy atom. The molecule has 18 heavy (non-hydrogen) atoms. The van der Waals surface area contributed by atoms with Crippen molar-refractivity contribution >= 4 is 5.97 Å². The minimum atomic E-state index is -0.434. The second kappa shape index (κ2) is 4.21. The normalized spacial score (nSPS) is 18.9. The molecule has 1 aromatic heterocycles. The van der Waals surface area contributed by atoms with E-state index in [0.29, 0.717) is 18.9 Å². The zero-order valence-electron chi connectivity index (χ0n) is 9.91. The molecular formula is C12H12N4O2. The number of aryl methyl sites for hydroxylation is 1. The summed E-state index contributed by atoms with van der Waals surface area (Å²) >= 11 is 0. The van der Waals surface area contributed by atoms with Gasteiger partial charge in [-0.3, -0.25) is 0 Å². The number of tetrazole rings is 1. The number of nitrogens with zero attached hydrogens (tertiary/aromatic N) is 4. The Hall–Kier alpha value is -2.24. The molecule has 1 aliphatic rings. The first-order valence-corrected chi connectivity index (χ1v) is 5.77. The van der Waals surface area contributed by atoms with Crippen LogP contribution in [0.25, 0.3) is 11.4 Å². The van der Waals surface area contributed by atoms with E-state index in [1.807, 2.05) is 31.2 Å². The molecule has 1 aromatic carbocycles. The minimum Gasteiger partial charge on any atom is -0.464 e. The van der Waals surface area contributed by atoms with Gasteiger partial charge in [0.15, 0.2) is 6.04 Å². The summed E-state index contributed by atoms with van der Waals surface area (Å²) in [5.41, 5.74) is 2.06. The largest absolute Gasteiger partial charge is 0.464 e. The van der Waals surface area contributed by atoms with E-state index in [2.05, 4.69) is 15.4 Å². The lowest BCUT2D eigenvalue weighted by molar-refractivity contribution is -0.141. The van der Waals surface area contributed by atoms with Crippen LogP contribution in [0, 0.1) is 6.92 Å². The first-order valence-electron chi connectivity index (χ1n) is 5.77. The van der Waals surface area contributed by atoms with Gasteiger partial charge >= 0.3 is 5.97 Å². The van der Waals surface area contributed by atoms with Crippen molar-refractivity contribution in [2.75, 3.05) is 6.61 Å². The predicted molar refractivity (Wildman–Crippen MR) is 62.6 cm³/mol. The summed E-state index contributed by atoms with van der Waals surface area (Å²) in [6.07, 6.45) is 0.600. The zero-order chi connectivity index (χ0) is 12.5. The van der Waals surface area contributed by atoms with Crippen LogP contribution in [0.5, 0.6) is 0 Å². The molecule has 6 heteroatoms. The fourth-order valence-electron chi connectivity index (χ4n) is 1.87. The average molecular weight is 244 g/mol. The molecule has 3 rings (SSSR count). The Balaban J connectivity index is 1.89. The van der Waals surface area contributed by atoms with Gasteiger partial charge in [0.1, 0.15) is 0 Å². The van der Waals surface area contributed by atoms with Gasteiger partial charge in [-0.25, -0.2) is 4.79 Å². The van der Waals surface area contributed by atoms with E-state index in [9.17, 15) is 4.79 Å². The Morgan fingerprint density at radius 3 is 2.78 bits per heavy atom. The van der Waals surface area contributed by atoms with Gasteiger partial charge in [0, 0.05) is 12.0 Å². The summed E-state index contributed by atoms with van der Waals surface area (Å²) in [5.74, 6) is 0.234. The van der Waals surface area contributed by atoms with Crippen molar-refractivity contribution in [3.63, 3.8) is 0 Å². The molecule has 2 heterocycles. The highest BCUT2D eigenvalue weighted by atomic mass is 16.5. The smallest absolute Gasteiger partial charge is 0.333 e. The molecule has 0 bridgehead atoms. The van der Waals surface area contributed by atoms with Crippen molar-refractivity contribution in [2.45, 2.75) is 19.4 Å². The Bertz CT molecular complexity index is 576. The first kappa shape index (κ1) is 10.9. The van der Waals surface area contributed by atoms with Gasteiger partial charge in [0.25, 0.3) is 0 Å². The molecule has 1 fully saturated rings. The van der Waals surface area contributed by atoms with Crippen LogP contribution in [0.3, 0.4) is 0 Å². The maximum atomic E-state index is 11.4. The van der Waals surface area contributed by atoms with E-state index in [1.54, 1.807) is 0 Å². The number of hydrogen-bond acceptors (Lipinski definition) is 5. The van der Waals surface area contributed by atoms with Crippen LogP contribution in [0.2, 0.25) is 0 Å². The maximum absolute atomic E-state index is 11.4. The van der Waals surface area contributed by atoms with Crippen LogP contribution in [0.4, 0.5) is 0 Å². The van der Waals surface area contributed by atoms with Crippen LogP contribution < -0.4 is 0 Å². The van der Waals surface area contributed by atoms with E-state index in [0.717, 1.165) is 5.56 Å². The first-order chi connectivity index (χ1) is 8.74. The summed E-state index contributed by atoms with van der Waals surface area (Å²) in [4.78, 5) is 12.8. The van der Waals surface area contributed by atoms with Gasteiger partial charge in [-0.2, -0.15) is 0 Å². The Morgan fingerprint density at radius 1 is 1.33 bits per heavy atom. The molecule has 6 nitrogen and oxygen atoms in total. The van der Waals surface area contributed by atoms with Crippen LogP contribution >= 0.6 is 0 Å². The van der Waals surface area contributed by atoms with Gasteiger partial charge in [-0.05, 0) is 12.1 Å². The van der Waals surface area contributed by atoms with E-state index in [-0.39, 0.29) is 5.97 Å². The molecule has 92 valence electrons. The highest BCUT2D eigenvalue weighted by molar-refractivity contribution is 5.75. The summed E-state index contributed by atoms with van der Waals surface area (Å²) in [5, 5.41) is 12.1. The van der Waals surface area contributed by atoms with Crippen LogP contribution in [-0.4, -0.2) is 32.8 Å². The molecule has 0 radical (unpaired) electrons. The molecule has 0 amide bonds. The highest BCUT2D eigenvalue weighted by Crippen LogP contribution is 2.20. The molecule has 1 aliphatic heterocycles. The number of carbonyl (C=O) groups is 1. The summed E-state index contributed by atoms with van der Waals surface area (Å²) in [6.45, 7) is 2.44. The molecular weight excluding hydrogens is 232 g/mol. The van der Waals surface area contributed by atoms with Crippen molar-refractivity contribution in [1.29, 1.82) is 0 Å². The second-order valence-corrected chi connectivity index (χ2v) is 4.27.